The summed E-state index contributed by atoms with van der Waals surface area (Å²) in [6.45, 7) is 5.77. The van der Waals surface area contributed by atoms with Gasteiger partial charge < -0.3 is 16.0 Å². The average molecular weight is 367 g/mol. The van der Waals surface area contributed by atoms with Gasteiger partial charge in [0.05, 0.1) is 6.54 Å². The van der Waals surface area contributed by atoms with Crippen molar-refractivity contribution in [2.45, 2.75) is 27.3 Å². The standard InChI is InChI=1S/C21H25N3O3/c1-14(2)20(26)24-17-10-8-16(9-11-17)12-22-19(25)13-23-21(27)18-7-5-4-6-15(18)3/h4-11,14H,12-13H2,1-3H3,(H,22,25)(H,23,27)(H,24,26). The highest BCUT2D eigenvalue weighted by Crippen LogP contribution is 2.11. The van der Waals surface area contributed by atoms with Crippen LogP contribution in [-0.2, 0) is 16.1 Å². The van der Waals surface area contributed by atoms with E-state index in [2.05, 4.69) is 16.0 Å². The quantitative estimate of drug-likeness (QED) is 0.703. The van der Waals surface area contributed by atoms with E-state index in [9.17, 15) is 14.4 Å². The molecule has 2 aromatic rings. The minimum atomic E-state index is -0.270. The van der Waals surface area contributed by atoms with E-state index >= 15 is 0 Å². The zero-order chi connectivity index (χ0) is 19.8. The number of carbonyl (C=O) groups excluding carboxylic acids is 3. The van der Waals surface area contributed by atoms with Gasteiger partial charge in [0.15, 0.2) is 0 Å². The summed E-state index contributed by atoms with van der Waals surface area (Å²) >= 11 is 0. The number of nitrogens with one attached hydrogen (secondary N) is 3. The van der Waals surface area contributed by atoms with Crippen molar-refractivity contribution in [3.63, 3.8) is 0 Å². The van der Waals surface area contributed by atoms with Crippen molar-refractivity contribution in [2.75, 3.05) is 11.9 Å². The fraction of sp³-hybridized carbons (Fsp3) is 0.286. The summed E-state index contributed by atoms with van der Waals surface area (Å²) in [7, 11) is 0. The Balaban J connectivity index is 1.77. The molecule has 142 valence electrons. The number of amides is 3. The van der Waals surface area contributed by atoms with E-state index in [1.165, 1.54) is 0 Å². The van der Waals surface area contributed by atoms with Crippen molar-refractivity contribution in [2.24, 2.45) is 5.92 Å². The van der Waals surface area contributed by atoms with Crippen molar-refractivity contribution < 1.29 is 14.4 Å². The van der Waals surface area contributed by atoms with Gasteiger partial charge in [0.1, 0.15) is 0 Å². The fourth-order valence-corrected chi connectivity index (χ4v) is 2.34. The minimum Gasteiger partial charge on any atom is -0.350 e. The van der Waals surface area contributed by atoms with Gasteiger partial charge in [-0.25, -0.2) is 0 Å². The summed E-state index contributed by atoms with van der Waals surface area (Å²) in [6.07, 6.45) is 0. The number of benzene rings is 2. The molecule has 0 aliphatic rings. The Morgan fingerprint density at radius 3 is 2.22 bits per heavy atom. The van der Waals surface area contributed by atoms with E-state index in [4.69, 9.17) is 0 Å². The Bertz CT molecular complexity index is 814. The molecule has 0 radical (unpaired) electrons. The van der Waals surface area contributed by atoms with Gasteiger partial charge in [0.2, 0.25) is 11.8 Å². The van der Waals surface area contributed by atoms with E-state index in [1.54, 1.807) is 24.3 Å². The molecular weight excluding hydrogens is 342 g/mol. The molecule has 3 amide bonds. The number of anilines is 1. The molecule has 0 heterocycles. The van der Waals surface area contributed by atoms with Crippen molar-refractivity contribution in [1.29, 1.82) is 0 Å². The molecule has 2 aromatic carbocycles. The lowest BCUT2D eigenvalue weighted by Crippen LogP contribution is -2.36. The van der Waals surface area contributed by atoms with Gasteiger partial charge in [0, 0.05) is 23.7 Å². The number of rotatable bonds is 7. The van der Waals surface area contributed by atoms with Crippen molar-refractivity contribution >= 4 is 23.4 Å². The van der Waals surface area contributed by atoms with Crippen molar-refractivity contribution in [1.82, 2.24) is 10.6 Å². The molecule has 6 nitrogen and oxygen atoms in total. The van der Waals surface area contributed by atoms with E-state index in [-0.39, 0.29) is 30.2 Å². The minimum absolute atomic E-state index is 0.0413. The molecule has 0 aliphatic carbocycles. The molecule has 0 saturated heterocycles. The number of hydrogen-bond acceptors (Lipinski definition) is 3. The monoisotopic (exact) mass is 367 g/mol. The number of aryl methyl sites for hydroxylation is 1. The summed E-state index contributed by atoms with van der Waals surface area (Å²) < 4.78 is 0. The van der Waals surface area contributed by atoms with Gasteiger partial charge in [-0.15, -0.1) is 0 Å². The summed E-state index contributed by atoms with van der Waals surface area (Å²) in [5.41, 5.74) is 3.04. The molecule has 0 fully saturated rings. The first-order chi connectivity index (χ1) is 12.9. The van der Waals surface area contributed by atoms with Gasteiger partial charge >= 0.3 is 0 Å². The third-order valence-electron chi connectivity index (χ3n) is 4.03. The Morgan fingerprint density at radius 1 is 0.926 bits per heavy atom. The van der Waals surface area contributed by atoms with Crippen LogP contribution in [0.15, 0.2) is 48.5 Å². The first-order valence-electron chi connectivity index (χ1n) is 8.87. The van der Waals surface area contributed by atoms with Gasteiger partial charge in [-0.1, -0.05) is 44.2 Å². The molecule has 3 N–H and O–H groups in total. The van der Waals surface area contributed by atoms with E-state index < -0.39 is 0 Å². The average Bonchev–Trinajstić information content (AvgIpc) is 2.65. The highest BCUT2D eigenvalue weighted by Gasteiger charge is 2.10. The Labute approximate surface area is 159 Å². The summed E-state index contributed by atoms with van der Waals surface area (Å²) in [4.78, 5) is 35.7. The van der Waals surface area contributed by atoms with Crippen LogP contribution in [0.25, 0.3) is 0 Å². The molecule has 0 atom stereocenters. The Morgan fingerprint density at radius 2 is 1.59 bits per heavy atom. The maximum absolute atomic E-state index is 12.1. The van der Waals surface area contributed by atoms with E-state index in [0.29, 0.717) is 17.8 Å². The van der Waals surface area contributed by atoms with Crippen LogP contribution in [-0.4, -0.2) is 24.3 Å². The highest BCUT2D eigenvalue weighted by atomic mass is 16.2. The van der Waals surface area contributed by atoms with Crippen LogP contribution in [0.4, 0.5) is 5.69 Å². The topological polar surface area (TPSA) is 87.3 Å². The van der Waals surface area contributed by atoms with Crippen LogP contribution in [0.1, 0.15) is 35.3 Å². The first-order valence-corrected chi connectivity index (χ1v) is 8.87. The molecule has 2 rings (SSSR count). The predicted molar refractivity (Wildman–Crippen MR) is 105 cm³/mol. The fourth-order valence-electron chi connectivity index (χ4n) is 2.34. The lowest BCUT2D eigenvalue weighted by atomic mass is 10.1. The van der Waals surface area contributed by atoms with Crippen LogP contribution in [0.3, 0.4) is 0 Å². The van der Waals surface area contributed by atoms with E-state index in [1.807, 2.05) is 45.0 Å². The molecule has 27 heavy (non-hydrogen) atoms. The smallest absolute Gasteiger partial charge is 0.251 e. The third-order valence-corrected chi connectivity index (χ3v) is 4.03. The SMILES string of the molecule is Cc1ccccc1C(=O)NCC(=O)NCc1ccc(NC(=O)C(C)C)cc1. The van der Waals surface area contributed by atoms with E-state index in [0.717, 1.165) is 11.1 Å². The maximum atomic E-state index is 12.1. The van der Waals surface area contributed by atoms with Gasteiger partial charge in [-0.2, -0.15) is 0 Å². The largest absolute Gasteiger partial charge is 0.350 e. The molecule has 0 aliphatic heterocycles. The van der Waals surface area contributed by atoms with Crippen LogP contribution in [0, 0.1) is 12.8 Å². The number of hydrogen-bond donors (Lipinski definition) is 3. The zero-order valence-electron chi connectivity index (χ0n) is 15.8. The normalized spacial score (nSPS) is 10.4. The van der Waals surface area contributed by atoms with Crippen molar-refractivity contribution in [3.05, 3.63) is 65.2 Å². The second-order valence-corrected chi connectivity index (χ2v) is 6.62. The van der Waals surface area contributed by atoms with Crippen LogP contribution >= 0.6 is 0 Å². The predicted octanol–water partition coefficient (Wildman–Crippen LogP) is 2.64. The van der Waals surface area contributed by atoms with Gasteiger partial charge in [-0.3, -0.25) is 14.4 Å². The second-order valence-electron chi connectivity index (χ2n) is 6.62. The second kappa shape index (κ2) is 9.52. The van der Waals surface area contributed by atoms with Crippen LogP contribution < -0.4 is 16.0 Å². The van der Waals surface area contributed by atoms with Gasteiger partial charge in [0.25, 0.3) is 5.91 Å². The molecular formula is C21H25N3O3. The first kappa shape index (κ1) is 20.2. The maximum Gasteiger partial charge on any atom is 0.251 e. The highest BCUT2D eigenvalue weighted by molar-refractivity contribution is 5.97. The van der Waals surface area contributed by atoms with Crippen LogP contribution in [0.5, 0.6) is 0 Å². The Kier molecular flexibility index (Phi) is 7.11. The molecule has 0 unspecified atom stereocenters. The molecule has 6 heteroatoms. The Hall–Kier alpha value is -3.15. The summed E-state index contributed by atoms with van der Waals surface area (Å²) in [6, 6.07) is 14.5. The van der Waals surface area contributed by atoms with Gasteiger partial charge in [-0.05, 0) is 36.2 Å². The lowest BCUT2D eigenvalue weighted by Gasteiger charge is -2.10. The molecule has 0 saturated carbocycles. The molecule has 0 spiro atoms. The zero-order valence-corrected chi connectivity index (χ0v) is 15.8. The number of carbonyl (C=O) groups is 3. The van der Waals surface area contributed by atoms with Crippen LogP contribution in [0.2, 0.25) is 0 Å². The lowest BCUT2D eigenvalue weighted by molar-refractivity contribution is -0.120. The summed E-state index contributed by atoms with van der Waals surface area (Å²) in [5.74, 6) is -0.665. The molecule has 0 bridgehead atoms. The molecule has 0 aromatic heterocycles. The summed E-state index contributed by atoms with van der Waals surface area (Å²) in [5, 5.41) is 8.19. The third kappa shape index (κ3) is 6.26. The van der Waals surface area contributed by atoms with Crippen molar-refractivity contribution in [3.8, 4) is 0 Å².